The van der Waals surface area contributed by atoms with Crippen LogP contribution in [-0.4, -0.2) is 60.7 Å². The molecule has 0 spiro atoms. The number of carboxylic acids is 1. The molecule has 0 aromatic heterocycles. The van der Waals surface area contributed by atoms with Crippen LogP contribution in [0.25, 0.3) is 0 Å². The molecule has 3 atom stereocenters. The van der Waals surface area contributed by atoms with Crippen LogP contribution in [0.3, 0.4) is 0 Å². The van der Waals surface area contributed by atoms with E-state index < -0.39 is 18.0 Å². The van der Waals surface area contributed by atoms with Gasteiger partial charge in [-0.3, -0.25) is 15.2 Å². The Hall–Kier alpha value is -0.990. The Morgan fingerprint density at radius 3 is 2.72 bits per heavy atom. The van der Waals surface area contributed by atoms with Crippen molar-refractivity contribution in [3.8, 4) is 0 Å². The third kappa shape index (κ3) is 2.40. The molecule has 0 aromatic rings. The molecule has 0 aromatic carbocycles. The maximum absolute atomic E-state index is 11.3. The predicted molar refractivity (Wildman–Crippen MR) is 62.6 cm³/mol. The summed E-state index contributed by atoms with van der Waals surface area (Å²) in [4.78, 5) is 21.7. The van der Waals surface area contributed by atoms with E-state index in [9.17, 15) is 20.0 Å². The van der Waals surface area contributed by atoms with E-state index in [0.717, 1.165) is 12.8 Å². The normalized spacial score (nSPS) is 31.0. The van der Waals surface area contributed by atoms with Gasteiger partial charge in [0.1, 0.15) is 0 Å². The Bertz CT molecular complexity index is 353. The minimum Gasteiger partial charge on any atom is -0.481 e. The summed E-state index contributed by atoms with van der Waals surface area (Å²) < 4.78 is 0. The molecule has 2 amide bonds. The van der Waals surface area contributed by atoms with Gasteiger partial charge in [-0.1, -0.05) is 6.42 Å². The van der Waals surface area contributed by atoms with Crippen LogP contribution in [0.4, 0.5) is 4.79 Å². The van der Waals surface area contributed by atoms with Crippen molar-refractivity contribution in [2.75, 3.05) is 5.75 Å². The molecule has 2 heterocycles. The van der Waals surface area contributed by atoms with Crippen LogP contribution in [-0.2, 0) is 4.79 Å². The van der Waals surface area contributed by atoms with Gasteiger partial charge in [0.2, 0.25) is 0 Å². The third-order valence-corrected chi connectivity index (χ3v) is 4.85. The Kier molecular flexibility index (Phi) is 3.98. The number of amides is 2. The minimum absolute atomic E-state index is 0.0508. The molecule has 0 unspecified atom stereocenters. The van der Waals surface area contributed by atoms with Crippen LogP contribution in [0, 0.1) is 0 Å². The van der Waals surface area contributed by atoms with Crippen LogP contribution in [0.5, 0.6) is 0 Å². The first-order chi connectivity index (χ1) is 8.52. The van der Waals surface area contributed by atoms with E-state index in [-0.39, 0.29) is 17.7 Å². The summed E-state index contributed by atoms with van der Waals surface area (Å²) in [5.74, 6) is -0.221. The molecule has 2 fully saturated rings. The number of hydrogen-bond acceptors (Lipinski definition) is 5. The highest BCUT2D eigenvalue weighted by Gasteiger charge is 2.53. The van der Waals surface area contributed by atoms with Crippen molar-refractivity contribution in [2.24, 2.45) is 0 Å². The zero-order valence-corrected chi connectivity index (χ0v) is 10.5. The summed E-state index contributed by atoms with van der Waals surface area (Å²) in [6.45, 7) is 0. The van der Waals surface area contributed by atoms with E-state index in [2.05, 4.69) is 0 Å². The molecule has 3 N–H and O–H groups in total. The molecular formula is C10H16N2O5S. The van der Waals surface area contributed by atoms with Gasteiger partial charge in [0.05, 0.1) is 12.1 Å². The van der Waals surface area contributed by atoms with Crippen molar-refractivity contribution in [3.63, 3.8) is 0 Å². The number of hydrogen-bond donors (Lipinski definition) is 3. The fraction of sp³-hybridized carbons (Fsp3) is 0.800. The van der Waals surface area contributed by atoms with E-state index in [4.69, 9.17) is 5.11 Å². The summed E-state index contributed by atoms with van der Waals surface area (Å²) in [7, 11) is 0. The Morgan fingerprint density at radius 2 is 2.06 bits per heavy atom. The molecule has 2 aliphatic rings. The summed E-state index contributed by atoms with van der Waals surface area (Å²) in [5, 5.41) is 28.9. The van der Waals surface area contributed by atoms with Crippen molar-refractivity contribution in [1.82, 2.24) is 10.1 Å². The molecule has 2 rings (SSSR count). The Balaban J connectivity index is 1.84. The third-order valence-electron chi connectivity index (χ3n) is 3.37. The van der Waals surface area contributed by atoms with Gasteiger partial charge in [0.25, 0.3) is 0 Å². The Morgan fingerprint density at radius 1 is 1.33 bits per heavy atom. The van der Waals surface area contributed by atoms with E-state index >= 15 is 0 Å². The van der Waals surface area contributed by atoms with Crippen LogP contribution in [0.1, 0.15) is 25.7 Å². The van der Waals surface area contributed by atoms with Gasteiger partial charge in [-0.05, 0) is 12.8 Å². The van der Waals surface area contributed by atoms with Crippen molar-refractivity contribution in [3.05, 3.63) is 0 Å². The first-order valence-electron chi connectivity index (χ1n) is 5.86. The number of aliphatic carboxylic acids is 1. The number of rotatable bonds is 5. The minimum atomic E-state index is -0.812. The maximum atomic E-state index is 11.3. The highest BCUT2D eigenvalue weighted by Crippen LogP contribution is 2.39. The predicted octanol–water partition coefficient (Wildman–Crippen LogP) is 1.00. The number of thioether (sulfide) groups is 1. The lowest BCUT2D eigenvalue weighted by molar-refractivity contribution is -0.137. The first-order valence-corrected chi connectivity index (χ1v) is 6.91. The number of urea groups is 1. The number of carbonyl (C=O) groups is 2. The summed E-state index contributed by atoms with van der Waals surface area (Å²) >= 11 is 1.60. The largest absolute Gasteiger partial charge is 0.481 e. The van der Waals surface area contributed by atoms with Gasteiger partial charge in [0.15, 0.2) is 0 Å². The smallest absolute Gasteiger partial charge is 0.368 e. The van der Waals surface area contributed by atoms with Crippen molar-refractivity contribution in [1.29, 1.82) is 0 Å². The molecule has 0 bridgehead atoms. The topological polar surface area (TPSA) is 101 Å². The monoisotopic (exact) mass is 276 g/mol. The second kappa shape index (κ2) is 5.33. The number of nitrogens with zero attached hydrogens (tertiary/aromatic N) is 2. The van der Waals surface area contributed by atoms with Crippen molar-refractivity contribution >= 4 is 23.8 Å². The molecule has 8 heteroatoms. The van der Waals surface area contributed by atoms with Crippen LogP contribution in [0.2, 0.25) is 0 Å². The van der Waals surface area contributed by atoms with Gasteiger partial charge in [-0.25, -0.2) is 4.79 Å². The van der Waals surface area contributed by atoms with Crippen LogP contribution < -0.4 is 0 Å². The van der Waals surface area contributed by atoms with Gasteiger partial charge >= 0.3 is 12.0 Å². The van der Waals surface area contributed by atoms with E-state index in [1.165, 1.54) is 0 Å². The Labute approximate surface area is 108 Å². The number of fused-ring (bicyclic) bond motifs is 1. The van der Waals surface area contributed by atoms with Crippen molar-refractivity contribution in [2.45, 2.75) is 43.0 Å². The fourth-order valence-corrected chi connectivity index (χ4v) is 4.06. The second-order valence-electron chi connectivity index (χ2n) is 4.54. The van der Waals surface area contributed by atoms with E-state index in [1.54, 1.807) is 11.8 Å². The molecule has 2 saturated heterocycles. The highest BCUT2D eigenvalue weighted by molar-refractivity contribution is 8.00. The molecule has 7 nitrogen and oxygen atoms in total. The maximum Gasteiger partial charge on any atom is 0.368 e. The molecular weight excluding hydrogens is 260 g/mol. The van der Waals surface area contributed by atoms with Gasteiger partial charge in [-0.2, -0.15) is 21.9 Å². The standard InChI is InChI=1S/C10H16N2O5S/c13-8(14)4-2-1-3-7-9-6(5-18-7)11(16)10(15)12(9)17/h6-7,9,16-17H,1-5H2,(H,13,14)/t6-,7-,9-/m0/s1. The number of hydroxylamine groups is 4. The fourth-order valence-electron chi connectivity index (χ4n) is 2.45. The van der Waals surface area contributed by atoms with Gasteiger partial charge in [0, 0.05) is 17.4 Å². The molecule has 0 radical (unpaired) electrons. The molecule has 0 saturated carbocycles. The first kappa shape index (κ1) is 13.4. The molecule has 2 aliphatic heterocycles. The lowest BCUT2D eigenvalue weighted by Crippen LogP contribution is -2.38. The average molecular weight is 276 g/mol. The van der Waals surface area contributed by atoms with Crippen LogP contribution in [0.15, 0.2) is 0 Å². The van der Waals surface area contributed by atoms with Crippen LogP contribution >= 0.6 is 11.8 Å². The molecule has 0 aliphatic carbocycles. The summed E-state index contributed by atoms with van der Waals surface area (Å²) in [5.41, 5.74) is 0. The zero-order chi connectivity index (χ0) is 13.3. The molecule has 102 valence electrons. The highest BCUT2D eigenvalue weighted by atomic mass is 32.2. The number of carboxylic acid groups (broad SMARTS) is 1. The lowest BCUT2D eigenvalue weighted by Gasteiger charge is -2.21. The van der Waals surface area contributed by atoms with E-state index in [1.807, 2.05) is 0 Å². The molecule has 18 heavy (non-hydrogen) atoms. The zero-order valence-electron chi connectivity index (χ0n) is 9.73. The van der Waals surface area contributed by atoms with E-state index in [0.29, 0.717) is 22.3 Å². The van der Waals surface area contributed by atoms with Crippen molar-refractivity contribution < 1.29 is 25.1 Å². The lowest BCUT2D eigenvalue weighted by atomic mass is 10.0. The summed E-state index contributed by atoms with van der Waals surface area (Å²) in [6.07, 6.45) is 2.20. The van der Waals surface area contributed by atoms with Gasteiger partial charge in [-0.15, -0.1) is 0 Å². The average Bonchev–Trinajstić information content (AvgIpc) is 2.82. The quantitative estimate of drug-likeness (QED) is 0.393. The number of carbonyl (C=O) groups excluding carboxylic acids is 1. The number of unbranched alkanes of at least 4 members (excludes halogenated alkanes) is 1. The SMILES string of the molecule is O=C(O)CCCC[C@@H]1SC[C@H]2[C@@H]1N(O)C(=O)N2O. The summed E-state index contributed by atoms with van der Waals surface area (Å²) in [6, 6.07) is -1.53. The second-order valence-corrected chi connectivity index (χ2v) is 5.81. The van der Waals surface area contributed by atoms with Gasteiger partial charge < -0.3 is 5.11 Å².